The van der Waals surface area contributed by atoms with Crippen molar-refractivity contribution in [1.29, 1.82) is 0 Å². The van der Waals surface area contributed by atoms with E-state index in [9.17, 15) is 0 Å². The Morgan fingerprint density at radius 3 is 2.62 bits per heavy atom. The molecule has 3 heteroatoms. The van der Waals surface area contributed by atoms with Gasteiger partial charge in [0.25, 0.3) is 0 Å². The zero-order valence-electron chi connectivity index (χ0n) is 10.7. The van der Waals surface area contributed by atoms with Crippen LogP contribution in [-0.4, -0.2) is 11.6 Å². The largest absolute Gasteiger partial charge is 0.368 e. The van der Waals surface area contributed by atoms with Crippen LogP contribution < -0.4 is 0 Å². The zero-order valence-corrected chi connectivity index (χ0v) is 11.5. The first-order chi connectivity index (χ1) is 7.42. The standard InChI is InChI=1S/C13H21NOS/c1-12(2,3)10-9-16-11(14-10)13(4)7-5-6-8-15-13/h9H,5-8H2,1-4H3. The van der Waals surface area contributed by atoms with Gasteiger partial charge in [-0.2, -0.15) is 0 Å². The summed E-state index contributed by atoms with van der Waals surface area (Å²) in [6.45, 7) is 9.67. The Labute approximate surface area is 102 Å². The quantitative estimate of drug-likeness (QED) is 0.742. The minimum atomic E-state index is -0.133. The fraction of sp³-hybridized carbons (Fsp3) is 0.769. The molecule has 0 saturated carbocycles. The van der Waals surface area contributed by atoms with E-state index in [-0.39, 0.29) is 11.0 Å². The van der Waals surface area contributed by atoms with E-state index in [1.54, 1.807) is 11.3 Å². The van der Waals surface area contributed by atoms with E-state index in [0.717, 1.165) is 18.0 Å². The van der Waals surface area contributed by atoms with Crippen LogP contribution in [0.2, 0.25) is 0 Å². The lowest BCUT2D eigenvalue weighted by atomic mass is 9.92. The first-order valence-electron chi connectivity index (χ1n) is 6.02. The Kier molecular flexibility index (Phi) is 3.10. The predicted octanol–water partition coefficient (Wildman–Crippen LogP) is 3.86. The minimum Gasteiger partial charge on any atom is -0.368 e. The highest BCUT2D eigenvalue weighted by atomic mass is 32.1. The van der Waals surface area contributed by atoms with E-state index in [1.165, 1.54) is 18.5 Å². The van der Waals surface area contributed by atoms with Crippen molar-refractivity contribution in [2.75, 3.05) is 6.61 Å². The van der Waals surface area contributed by atoms with E-state index in [1.807, 2.05) is 0 Å². The smallest absolute Gasteiger partial charge is 0.125 e. The Morgan fingerprint density at radius 1 is 1.38 bits per heavy atom. The second-order valence-corrected chi connectivity index (χ2v) is 6.68. The SMILES string of the molecule is CC(C)(C)c1csc(C2(C)CCCCO2)n1. The molecule has 1 aliphatic rings. The molecule has 1 aliphatic heterocycles. The third kappa shape index (κ3) is 2.30. The number of nitrogens with zero attached hydrogens (tertiary/aromatic N) is 1. The van der Waals surface area contributed by atoms with Crippen LogP contribution in [-0.2, 0) is 15.8 Å². The maximum atomic E-state index is 5.93. The highest BCUT2D eigenvalue weighted by Crippen LogP contribution is 2.37. The summed E-state index contributed by atoms with van der Waals surface area (Å²) in [5, 5.41) is 3.33. The molecule has 1 atom stereocenters. The third-order valence-corrected chi connectivity index (χ3v) is 4.28. The summed E-state index contributed by atoms with van der Waals surface area (Å²) in [7, 11) is 0. The van der Waals surface area contributed by atoms with Crippen LogP contribution >= 0.6 is 11.3 Å². The first kappa shape index (κ1) is 12.1. The van der Waals surface area contributed by atoms with Gasteiger partial charge in [0, 0.05) is 17.4 Å². The fourth-order valence-corrected chi connectivity index (χ4v) is 3.15. The number of hydrogen-bond acceptors (Lipinski definition) is 3. The monoisotopic (exact) mass is 239 g/mol. The van der Waals surface area contributed by atoms with Gasteiger partial charge in [-0.1, -0.05) is 20.8 Å². The van der Waals surface area contributed by atoms with E-state index >= 15 is 0 Å². The summed E-state index contributed by atoms with van der Waals surface area (Å²) in [4.78, 5) is 4.77. The van der Waals surface area contributed by atoms with Crippen molar-refractivity contribution >= 4 is 11.3 Å². The fourth-order valence-electron chi connectivity index (χ4n) is 1.96. The molecule has 1 saturated heterocycles. The lowest BCUT2D eigenvalue weighted by Crippen LogP contribution is -2.30. The van der Waals surface area contributed by atoms with Crippen molar-refractivity contribution in [2.45, 2.75) is 58.0 Å². The number of ether oxygens (including phenoxy) is 1. The van der Waals surface area contributed by atoms with Crippen molar-refractivity contribution in [3.63, 3.8) is 0 Å². The van der Waals surface area contributed by atoms with Gasteiger partial charge in [0.05, 0.1) is 5.69 Å². The molecule has 90 valence electrons. The normalized spacial score (nSPS) is 27.0. The van der Waals surface area contributed by atoms with Crippen LogP contribution in [0.25, 0.3) is 0 Å². The lowest BCUT2D eigenvalue weighted by Gasteiger charge is -2.32. The molecule has 1 unspecified atom stereocenters. The van der Waals surface area contributed by atoms with Crippen LogP contribution in [0.4, 0.5) is 0 Å². The third-order valence-electron chi connectivity index (χ3n) is 3.19. The summed E-state index contributed by atoms with van der Waals surface area (Å²) < 4.78 is 5.93. The maximum absolute atomic E-state index is 5.93. The van der Waals surface area contributed by atoms with Gasteiger partial charge in [-0.15, -0.1) is 11.3 Å². The maximum Gasteiger partial charge on any atom is 0.125 e. The minimum absolute atomic E-state index is 0.133. The van der Waals surface area contributed by atoms with E-state index in [0.29, 0.717) is 0 Å². The Hall–Kier alpha value is -0.410. The number of hydrogen-bond donors (Lipinski definition) is 0. The molecule has 1 fully saturated rings. The molecule has 2 rings (SSSR count). The van der Waals surface area contributed by atoms with Crippen molar-refractivity contribution in [3.8, 4) is 0 Å². The topological polar surface area (TPSA) is 22.1 Å². The molecule has 16 heavy (non-hydrogen) atoms. The van der Waals surface area contributed by atoms with Gasteiger partial charge in [0.1, 0.15) is 10.6 Å². The van der Waals surface area contributed by atoms with Crippen molar-refractivity contribution < 1.29 is 4.74 Å². The van der Waals surface area contributed by atoms with Crippen LogP contribution in [0.1, 0.15) is 57.7 Å². The Bertz CT molecular complexity index is 358. The van der Waals surface area contributed by atoms with Crippen LogP contribution in [0.15, 0.2) is 5.38 Å². The summed E-state index contributed by atoms with van der Waals surface area (Å²) >= 11 is 1.75. The molecule has 0 radical (unpaired) electrons. The molecular weight excluding hydrogens is 218 g/mol. The van der Waals surface area contributed by atoms with Gasteiger partial charge in [0.15, 0.2) is 0 Å². The molecular formula is C13H21NOS. The molecule has 0 spiro atoms. The zero-order chi connectivity index (χ0) is 11.8. The van der Waals surface area contributed by atoms with Crippen molar-refractivity contribution in [1.82, 2.24) is 4.98 Å². The van der Waals surface area contributed by atoms with Gasteiger partial charge in [0.2, 0.25) is 0 Å². The number of aromatic nitrogens is 1. The molecule has 0 amide bonds. The molecule has 1 aromatic heterocycles. The van der Waals surface area contributed by atoms with Gasteiger partial charge in [-0.05, 0) is 26.2 Å². The van der Waals surface area contributed by atoms with Crippen molar-refractivity contribution in [2.24, 2.45) is 0 Å². The number of thiazole rings is 1. The predicted molar refractivity (Wildman–Crippen MR) is 68.0 cm³/mol. The Morgan fingerprint density at radius 2 is 2.12 bits per heavy atom. The average Bonchev–Trinajstić information content (AvgIpc) is 2.67. The van der Waals surface area contributed by atoms with E-state index in [2.05, 4.69) is 33.1 Å². The highest BCUT2D eigenvalue weighted by molar-refractivity contribution is 7.09. The summed E-state index contributed by atoms with van der Waals surface area (Å²) in [6.07, 6.45) is 3.54. The van der Waals surface area contributed by atoms with E-state index < -0.39 is 0 Å². The molecule has 0 bridgehead atoms. The van der Waals surface area contributed by atoms with Crippen molar-refractivity contribution in [3.05, 3.63) is 16.1 Å². The molecule has 0 N–H and O–H groups in total. The first-order valence-corrected chi connectivity index (χ1v) is 6.90. The lowest BCUT2D eigenvalue weighted by molar-refractivity contribution is -0.0703. The van der Waals surface area contributed by atoms with Gasteiger partial charge >= 0.3 is 0 Å². The molecule has 0 aliphatic carbocycles. The summed E-state index contributed by atoms with van der Waals surface area (Å²) in [5.74, 6) is 0. The Balaban J connectivity index is 2.24. The van der Waals surface area contributed by atoms with Gasteiger partial charge < -0.3 is 4.74 Å². The van der Waals surface area contributed by atoms with Crippen LogP contribution in [0.5, 0.6) is 0 Å². The van der Waals surface area contributed by atoms with Crippen LogP contribution in [0, 0.1) is 0 Å². The second-order valence-electron chi connectivity index (χ2n) is 5.82. The summed E-state index contributed by atoms with van der Waals surface area (Å²) in [6, 6.07) is 0. The summed E-state index contributed by atoms with van der Waals surface area (Å²) in [5.41, 5.74) is 1.19. The molecule has 2 nitrogen and oxygen atoms in total. The molecule has 2 heterocycles. The highest BCUT2D eigenvalue weighted by Gasteiger charge is 2.33. The number of rotatable bonds is 1. The van der Waals surface area contributed by atoms with Gasteiger partial charge in [-0.25, -0.2) is 4.98 Å². The van der Waals surface area contributed by atoms with E-state index in [4.69, 9.17) is 9.72 Å². The molecule has 1 aromatic rings. The second kappa shape index (κ2) is 4.11. The molecule has 0 aromatic carbocycles. The average molecular weight is 239 g/mol. The van der Waals surface area contributed by atoms with Crippen LogP contribution in [0.3, 0.4) is 0 Å². The van der Waals surface area contributed by atoms with Gasteiger partial charge in [-0.3, -0.25) is 0 Å².